The van der Waals surface area contributed by atoms with Gasteiger partial charge < -0.3 is 19.9 Å². The number of amides is 2. The van der Waals surface area contributed by atoms with E-state index in [1.54, 1.807) is 37.7 Å². The fourth-order valence-corrected chi connectivity index (χ4v) is 2.77. The predicted molar refractivity (Wildman–Crippen MR) is 94.6 cm³/mol. The largest absolute Gasteiger partial charge is 0.496 e. The molecule has 0 unspecified atom stereocenters. The molecule has 0 saturated carbocycles. The number of ether oxygens (including phenoxy) is 1. The molecule has 0 spiro atoms. The summed E-state index contributed by atoms with van der Waals surface area (Å²) in [5, 5.41) is 6.15. The SMILES string of the molecule is COc1ccc2ncn(C)c2c1CNC(=O)Nc1cccc(Cl)c1. The van der Waals surface area contributed by atoms with Crippen LogP contribution < -0.4 is 15.4 Å². The van der Waals surface area contributed by atoms with Crippen molar-refractivity contribution in [3.8, 4) is 5.75 Å². The van der Waals surface area contributed by atoms with Gasteiger partial charge in [0.05, 0.1) is 31.0 Å². The zero-order valence-electron chi connectivity index (χ0n) is 13.3. The normalized spacial score (nSPS) is 10.6. The summed E-state index contributed by atoms with van der Waals surface area (Å²) in [6.45, 7) is 0.312. The predicted octanol–water partition coefficient (Wildman–Crippen LogP) is 3.56. The van der Waals surface area contributed by atoms with Gasteiger partial charge >= 0.3 is 6.03 Å². The minimum atomic E-state index is -0.321. The van der Waals surface area contributed by atoms with E-state index in [2.05, 4.69) is 15.6 Å². The molecule has 0 fully saturated rings. The third-order valence-corrected chi connectivity index (χ3v) is 3.90. The van der Waals surface area contributed by atoms with E-state index in [-0.39, 0.29) is 6.03 Å². The summed E-state index contributed by atoms with van der Waals surface area (Å²) in [6, 6.07) is 10.4. The number of nitrogens with one attached hydrogen (secondary N) is 2. The molecule has 0 aliphatic heterocycles. The zero-order valence-corrected chi connectivity index (χ0v) is 14.1. The minimum Gasteiger partial charge on any atom is -0.496 e. The summed E-state index contributed by atoms with van der Waals surface area (Å²) in [5.41, 5.74) is 3.28. The number of fused-ring (bicyclic) bond motifs is 1. The van der Waals surface area contributed by atoms with Gasteiger partial charge in [0.1, 0.15) is 5.75 Å². The molecule has 1 aromatic heterocycles. The number of aromatic nitrogens is 2. The van der Waals surface area contributed by atoms with Crippen molar-refractivity contribution in [1.82, 2.24) is 14.9 Å². The van der Waals surface area contributed by atoms with E-state index < -0.39 is 0 Å². The Balaban J connectivity index is 1.77. The van der Waals surface area contributed by atoms with Gasteiger partial charge in [-0.2, -0.15) is 0 Å². The monoisotopic (exact) mass is 344 g/mol. The van der Waals surface area contributed by atoms with E-state index in [0.717, 1.165) is 16.6 Å². The number of imidazole rings is 1. The van der Waals surface area contributed by atoms with Crippen LogP contribution in [0, 0.1) is 0 Å². The van der Waals surface area contributed by atoms with Crippen LogP contribution in [0.1, 0.15) is 5.56 Å². The number of hydrogen-bond acceptors (Lipinski definition) is 3. The summed E-state index contributed by atoms with van der Waals surface area (Å²) in [6.07, 6.45) is 1.74. The van der Waals surface area contributed by atoms with Gasteiger partial charge in [-0.25, -0.2) is 9.78 Å². The topological polar surface area (TPSA) is 68.2 Å². The molecule has 7 heteroatoms. The number of aryl methyl sites for hydroxylation is 1. The Labute approximate surface area is 144 Å². The molecule has 2 aromatic carbocycles. The second-order valence-corrected chi connectivity index (χ2v) is 5.72. The summed E-state index contributed by atoms with van der Waals surface area (Å²) >= 11 is 5.91. The summed E-state index contributed by atoms with van der Waals surface area (Å²) in [5.74, 6) is 0.703. The van der Waals surface area contributed by atoms with Gasteiger partial charge in [0, 0.05) is 23.3 Å². The average Bonchev–Trinajstić information content (AvgIpc) is 2.94. The van der Waals surface area contributed by atoms with Crippen molar-refractivity contribution in [2.75, 3.05) is 12.4 Å². The van der Waals surface area contributed by atoms with Crippen LogP contribution in [-0.2, 0) is 13.6 Å². The first-order chi connectivity index (χ1) is 11.6. The Kier molecular flexibility index (Phi) is 4.57. The highest BCUT2D eigenvalue weighted by Gasteiger charge is 2.13. The maximum atomic E-state index is 12.1. The molecule has 3 rings (SSSR count). The lowest BCUT2D eigenvalue weighted by molar-refractivity contribution is 0.251. The van der Waals surface area contributed by atoms with Crippen LogP contribution in [0.2, 0.25) is 5.02 Å². The number of anilines is 1. The summed E-state index contributed by atoms with van der Waals surface area (Å²) < 4.78 is 7.32. The number of halogens is 1. The first-order valence-corrected chi connectivity index (χ1v) is 7.73. The maximum Gasteiger partial charge on any atom is 0.319 e. The van der Waals surface area contributed by atoms with Gasteiger partial charge in [-0.1, -0.05) is 17.7 Å². The van der Waals surface area contributed by atoms with Crippen LogP contribution in [0.5, 0.6) is 5.75 Å². The highest BCUT2D eigenvalue weighted by Crippen LogP contribution is 2.27. The molecule has 124 valence electrons. The Bertz CT molecular complexity index is 891. The molecular formula is C17H17ClN4O2. The lowest BCUT2D eigenvalue weighted by Gasteiger charge is -2.13. The first kappa shape index (κ1) is 16.1. The molecule has 24 heavy (non-hydrogen) atoms. The molecule has 0 radical (unpaired) electrons. The van der Waals surface area contributed by atoms with Gasteiger partial charge in [-0.05, 0) is 30.3 Å². The van der Waals surface area contributed by atoms with Crippen molar-refractivity contribution < 1.29 is 9.53 Å². The molecule has 0 atom stereocenters. The highest BCUT2D eigenvalue weighted by molar-refractivity contribution is 6.30. The molecule has 3 aromatic rings. The van der Waals surface area contributed by atoms with Gasteiger partial charge in [0.2, 0.25) is 0 Å². The number of rotatable bonds is 4. The van der Waals surface area contributed by atoms with E-state index >= 15 is 0 Å². The molecule has 1 heterocycles. The molecule has 0 aliphatic carbocycles. The molecule has 6 nitrogen and oxygen atoms in total. The van der Waals surface area contributed by atoms with Crippen LogP contribution in [0.15, 0.2) is 42.7 Å². The Hall–Kier alpha value is -2.73. The van der Waals surface area contributed by atoms with Gasteiger partial charge in [0.25, 0.3) is 0 Å². The quantitative estimate of drug-likeness (QED) is 0.760. The van der Waals surface area contributed by atoms with Crippen molar-refractivity contribution in [2.45, 2.75) is 6.54 Å². The molecule has 2 N–H and O–H groups in total. The third kappa shape index (κ3) is 3.28. The number of carbonyl (C=O) groups excluding carboxylic acids is 1. The fraction of sp³-hybridized carbons (Fsp3) is 0.176. The lowest BCUT2D eigenvalue weighted by atomic mass is 10.1. The Morgan fingerprint density at radius 3 is 2.92 bits per heavy atom. The van der Waals surface area contributed by atoms with E-state index in [9.17, 15) is 4.79 Å². The molecule has 0 aliphatic rings. The van der Waals surface area contributed by atoms with E-state index in [1.165, 1.54) is 0 Å². The highest BCUT2D eigenvalue weighted by atomic mass is 35.5. The number of hydrogen-bond donors (Lipinski definition) is 2. The van der Waals surface area contributed by atoms with Crippen molar-refractivity contribution in [2.24, 2.45) is 7.05 Å². The summed E-state index contributed by atoms with van der Waals surface area (Å²) in [7, 11) is 3.51. The van der Waals surface area contributed by atoms with Crippen LogP contribution in [-0.4, -0.2) is 22.7 Å². The smallest absolute Gasteiger partial charge is 0.319 e. The van der Waals surface area contributed by atoms with Crippen molar-refractivity contribution in [3.63, 3.8) is 0 Å². The van der Waals surface area contributed by atoms with Crippen LogP contribution in [0.3, 0.4) is 0 Å². The van der Waals surface area contributed by atoms with E-state index in [4.69, 9.17) is 16.3 Å². The van der Waals surface area contributed by atoms with Crippen molar-refractivity contribution in [1.29, 1.82) is 0 Å². The molecule has 0 saturated heterocycles. The lowest BCUT2D eigenvalue weighted by Crippen LogP contribution is -2.28. The second-order valence-electron chi connectivity index (χ2n) is 5.29. The fourth-order valence-electron chi connectivity index (χ4n) is 2.58. The number of benzene rings is 2. The molecule has 0 bridgehead atoms. The number of nitrogens with zero attached hydrogens (tertiary/aromatic N) is 2. The standard InChI is InChI=1S/C17H17ClN4O2/c1-22-10-20-14-6-7-15(24-2)13(16(14)22)9-19-17(23)21-12-5-3-4-11(18)8-12/h3-8,10H,9H2,1-2H3,(H2,19,21,23). The number of methoxy groups -OCH3 is 1. The van der Waals surface area contributed by atoms with Crippen LogP contribution >= 0.6 is 11.6 Å². The Morgan fingerprint density at radius 1 is 1.33 bits per heavy atom. The van der Waals surface area contributed by atoms with Crippen molar-refractivity contribution >= 4 is 34.4 Å². The third-order valence-electron chi connectivity index (χ3n) is 3.67. The second kappa shape index (κ2) is 6.80. The van der Waals surface area contributed by atoms with E-state index in [1.807, 2.05) is 23.7 Å². The van der Waals surface area contributed by atoms with Gasteiger partial charge in [0.15, 0.2) is 0 Å². The minimum absolute atomic E-state index is 0.312. The number of carbonyl (C=O) groups is 1. The summed E-state index contributed by atoms with van der Waals surface area (Å²) in [4.78, 5) is 16.5. The Morgan fingerprint density at radius 2 is 2.17 bits per heavy atom. The van der Waals surface area contributed by atoms with Crippen LogP contribution in [0.25, 0.3) is 11.0 Å². The van der Waals surface area contributed by atoms with Crippen molar-refractivity contribution in [3.05, 3.63) is 53.3 Å². The van der Waals surface area contributed by atoms with Gasteiger partial charge in [-0.15, -0.1) is 0 Å². The van der Waals surface area contributed by atoms with Crippen LogP contribution in [0.4, 0.5) is 10.5 Å². The van der Waals surface area contributed by atoms with E-state index in [0.29, 0.717) is 23.0 Å². The molecule has 2 amide bonds. The molecular weight excluding hydrogens is 328 g/mol. The maximum absolute atomic E-state index is 12.1. The number of urea groups is 1. The van der Waals surface area contributed by atoms with Gasteiger partial charge in [-0.3, -0.25) is 0 Å². The first-order valence-electron chi connectivity index (χ1n) is 7.36. The zero-order chi connectivity index (χ0) is 17.1. The average molecular weight is 345 g/mol.